The number of H-pyrrole nitrogens is 1. The fourth-order valence-corrected chi connectivity index (χ4v) is 2.65. The summed E-state index contributed by atoms with van der Waals surface area (Å²) in [7, 11) is 3.48. The van der Waals surface area contributed by atoms with Gasteiger partial charge in [0.05, 0.1) is 6.20 Å². The molecule has 0 aliphatic heterocycles. The van der Waals surface area contributed by atoms with Crippen LogP contribution in [0, 0.1) is 0 Å². The standard InChI is InChI=1S/C19H21N3O2/c1-4-18(19(23)22(2)3)24-17-8-7-13-9-14(5-6-15(13)10-17)16-11-20-21-12-16/h5-12,18H,4H2,1-3H3,(H,20,21). The Morgan fingerprint density at radius 3 is 2.58 bits per heavy atom. The molecule has 0 spiro atoms. The van der Waals surface area contributed by atoms with E-state index in [4.69, 9.17) is 4.74 Å². The Morgan fingerprint density at radius 2 is 1.92 bits per heavy atom. The van der Waals surface area contributed by atoms with Crippen molar-refractivity contribution in [3.8, 4) is 16.9 Å². The molecule has 1 N–H and O–H groups in total. The molecule has 1 aromatic heterocycles. The van der Waals surface area contributed by atoms with E-state index in [0.717, 1.165) is 21.9 Å². The van der Waals surface area contributed by atoms with Gasteiger partial charge in [-0.3, -0.25) is 9.89 Å². The smallest absolute Gasteiger partial charge is 0.263 e. The molecular weight excluding hydrogens is 302 g/mol. The van der Waals surface area contributed by atoms with Gasteiger partial charge in [0.25, 0.3) is 5.91 Å². The van der Waals surface area contributed by atoms with E-state index in [-0.39, 0.29) is 5.91 Å². The first kappa shape index (κ1) is 16.1. The van der Waals surface area contributed by atoms with Crippen molar-refractivity contribution in [3.05, 3.63) is 48.8 Å². The maximum atomic E-state index is 12.1. The number of likely N-dealkylation sites (N-methyl/N-ethyl adjacent to an activating group) is 1. The second-order valence-corrected chi connectivity index (χ2v) is 5.96. The van der Waals surface area contributed by atoms with Crippen molar-refractivity contribution in [2.45, 2.75) is 19.4 Å². The van der Waals surface area contributed by atoms with Crippen LogP contribution in [-0.2, 0) is 4.79 Å². The molecule has 0 aliphatic rings. The molecule has 1 unspecified atom stereocenters. The number of fused-ring (bicyclic) bond motifs is 1. The van der Waals surface area contributed by atoms with Crippen molar-refractivity contribution >= 4 is 16.7 Å². The monoisotopic (exact) mass is 323 g/mol. The highest BCUT2D eigenvalue weighted by molar-refractivity contribution is 5.88. The minimum Gasteiger partial charge on any atom is -0.481 e. The lowest BCUT2D eigenvalue weighted by Crippen LogP contribution is -2.37. The molecule has 0 saturated heterocycles. The molecule has 1 atom stereocenters. The van der Waals surface area contributed by atoms with E-state index in [1.165, 1.54) is 0 Å². The van der Waals surface area contributed by atoms with E-state index >= 15 is 0 Å². The van der Waals surface area contributed by atoms with Crippen LogP contribution in [0.3, 0.4) is 0 Å². The summed E-state index contributed by atoms with van der Waals surface area (Å²) >= 11 is 0. The largest absolute Gasteiger partial charge is 0.481 e. The summed E-state index contributed by atoms with van der Waals surface area (Å²) in [4.78, 5) is 13.7. The highest BCUT2D eigenvalue weighted by Gasteiger charge is 2.20. The third-order valence-corrected chi connectivity index (χ3v) is 4.01. The number of nitrogens with one attached hydrogen (secondary N) is 1. The molecule has 5 nitrogen and oxygen atoms in total. The SMILES string of the molecule is CCC(Oc1ccc2cc(-c3cn[nH]c3)ccc2c1)C(=O)N(C)C. The molecule has 3 rings (SSSR count). The number of hydrogen-bond donors (Lipinski definition) is 1. The second-order valence-electron chi connectivity index (χ2n) is 5.96. The molecule has 2 aromatic carbocycles. The minimum absolute atomic E-state index is 0.0205. The predicted molar refractivity (Wildman–Crippen MR) is 94.9 cm³/mol. The summed E-state index contributed by atoms with van der Waals surface area (Å²) in [6.07, 6.45) is 3.85. The summed E-state index contributed by atoms with van der Waals surface area (Å²) in [5.41, 5.74) is 2.17. The van der Waals surface area contributed by atoms with Gasteiger partial charge in [-0.2, -0.15) is 5.10 Å². The fraction of sp³-hybridized carbons (Fsp3) is 0.263. The lowest BCUT2D eigenvalue weighted by atomic mass is 10.0. The first-order chi connectivity index (χ1) is 11.6. The molecule has 3 aromatic rings. The van der Waals surface area contributed by atoms with Crippen LogP contribution in [0.25, 0.3) is 21.9 Å². The van der Waals surface area contributed by atoms with Gasteiger partial charge in [-0.15, -0.1) is 0 Å². The average molecular weight is 323 g/mol. The lowest BCUT2D eigenvalue weighted by molar-refractivity contribution is -0.136. The number of amides is 1. The van der Waals surface area contributed by atoms with E-state index in [9.17, 15) is 4.79 Å². The predicted octanol–water partition coefficient (Wildman–Crippen LogP) is 3.48. The molecule has 124 valence electrons. The molecule has 0 fully saturated rings. The molecule has 0 bridgehead atoms. The van der Waals surface area contributed by atoms with Crippen LogP contribution in [-0.4, -0.2) is 41.2 Å². The van der Waals surface area contributed by atoms with Crippen LogP contribution in [0.5, 0.6) is 5.75 Å². The normalized spacial score (nSPS) is 12.1. The van der Waals surface area contributed by atoms with Gasteiger partial charge in [-0.25, -0.2) is 0 Å². The number of carbonyl (C=O) groups is 1. The topological polar surface area (TPSA) is 58.2 Å². The van der Waals surface area contributed by atoms with Crippen LogP contribution in [0.15, 0.2) is 48.8 Å². The number of benzene rings is 2. The Kier molecular flexibility index (Phi) is 4.51. The third kappa shape index (κ3) is 3.25. The molecule has 0 aliphatic carbocycles. The highest BCUT2D eigenvalue weighted by Crippen LogP contribution is 2.27. The fourth-order valence-electron chi connectivity index (χ4n) is 2.65. The lowest BCUT2D eigenvalue weighted by Gasteiger charge is -2.20. The minimum atomic E-state index is -0.456. The van der Waals surface area contributed by atoms with Crippen molar-refractivity contribution in [1.82, 2.24) is 15.1 Å². The maximum absolute atomic E-state index is 12.1. The summed E-state index contributed by atoms with van der Waals surface area (Å²) in [5, 5.41) is 9.01. The van der Waals surface area contributed by atoms with Crippen molar-refractivity contribution in [3.63, 3.8) is 0 Å². The number of carbonyl (C=O) groups excluding carboxylic acids is 1. The van der Waals surface area contributed by atoms with Crippen molar-refractivity contribution in [2.24, 2.45) is 0 Å². The second kappa shape index (κ2) is 6.74. The molecule has 0 saturated carbocycles. The Hall–Kier alpha value is -2.82. The van der Waals surface area contributed by atoms with E-state index in [0.29, 0.717) is 12.2 Å². The Morgan fingerprint density at radius 1 is 1.17 bits per heavy atom. The van der Waals surface area contributed by atoms with E-state index in [1.54, 1.807) is 25.2 Å². The van der Waals surface area contributed by atoms with Crippen molar-refractivity contribution in [1.29, 1.82) is 0 Å². The molecule has 1 amide bonds. The molecular formula is C19H21N3O2. The van der Waals surface area contributed by atoms with Crippen molar-refractivity contribution < 1.29 is 9.53 Å². The van der Waals surface area contributed by atoms with E-state index in [1.807, 2.05) is 31.3 Å². The van der Waals surface area contributed by atoms with Gasteiger partial charge in [0.1, 0.15) is 5.75 Å². The number of ether oxygens (including phenoxy) is 1. The average Bonchev–Trinajstić information content (AvgIpc) is 3.13. The van der Waals surface area contributed by atoms with Crippen LogP contribution in [0.1, 0.15) is 13.3 Å². The van der Waals surface area contributed by atoms with Crippen LogP contribution >= 0.6 is 0 Å². The zero-order chi connectivity index (χ0) is 17.1. The zero-order valence-electron chi connectivity index (χ0n) is 14.1. The van der Waals surface area contributed by atoms with E-state index < -0.39 is 6.10 Å². The Bertz CT molecular complexity index is 841. The number of aromatic amines is 1. The molecule has 1 heterocycles. The Labute approximate surface area is 141 Å². The molecule has 24 heavy (non-hydrogen) atoms. The van der Waals surface area contributed by atoms with Crippen LogP contribution in [0.2, 0.25) is 0 Å². The third-order valence-electron chi connectivity index (χ3n) is 4.01. The highest BCUT2D eigenvalue weighted by atomic mass is 16.5. The molecule has 0 radical (unpaired) electrons. The van der Waals surface area contributed by atoms with Gasteiger partial charge >= 0.3 is 0 Å². The van der Waals surface area contributed by atoms with Gasteiger partial charge in [-0.1, -0.05) is 25.1 Å². The van der Waals surface area contributed by atoms with Crippen LogP contribution in [0.4, 0.5) is 0 Å². The number of rotatable bonds is 5. The first-order valence-electron chi connectivity index (χ1n) is 7.99. The van der Waals surface area contributed by atoms with Gasteiger partial charge in [0, 0.05) is 25.9 Å². The Balaban J connectivity index is 1.86. The first-order valence-corrected chi connectivity index (χ1v) is 7.99. The van der Waals surface area contributed by atoms with Gasteiger partial charge < -0.3 is 9.64 Å². The zero-order valence-corrected chi connectivity index (χ0v) is 14.1. The quantitative estimate of drug-likeness (QED) is 0.782. The van der Waals surface area contributed by atoms with Crippen molar-refractivity contribution in [2.75, 3.05) is 14.1 Å². The van der Waals surface area contributed by atoms with Crippen LogP contribution < -0.4 is 4.74 Å². The summed E-state index contributed by atoms with van der Waals surface area (Å²) in [6, 6.07) is 12.1. The van der Waals surface area contributed by atoms with Gasteiger partial charge in [0.15, 0.2) is 6.10 Å². The number of nitrogens with zero attached hydrogens (tertiary/aromatic N) is 2. The number of hydrogen-bond acceptors (Lipinski definition) is 3. The van der Waals surface area contributed by atoms with Gasteiger partial charge in [0.2, 0.25) is 0 Å². The maximum Gasteiger partial charge on any atom is 0.263 e. The summed E-state index contributed by atoms with van der Waals surface area (Å²) < 4.78 is 5.89. The number of aromatic nitrogens is 2. The summed E-state index contributed by atoms with van der Waals surface area (Å²) in [6.45, 7) is 1.95. The summed E-state index contributed by atoms with van der Waals surface area (Å²) in [5.74, 6) is 0.688. The molecule has 5 heteroatoms. The van der Waals surface area contributed by atoms with Gasteiger partial charge in [-0.05, 0) is 41.0 Å². The van der Waals surface area contributed by atoms with E-state index in [2.05, 4.69) is 28.4 Å².